The SMILES string of the molecule is C=CC(=O)N1CCC(C(=O)NCC(O)CCc2ccccc2)C1. The van der Waals surface area contributed by atoms with Gasteiger partial charge in [-0.05, 0) is 30.9 Å². The molecule has 124 valence electrons. The Kier molecular flexibility index (Phi) is 6.35. The van der Waals surface area contributed by atoms with Crippen LogP contribution in [0.3, 0.4) is 0 Å². The zero-order chi connectivity index (χ0) is 16.7. The molecule has 0 spiro atoms. The highest BCUT2D eigenvalue weighted by Crippen LogP contribution is 2.16. The molecule has 2 N–H and O–H groups in total. The third-order valence-corrected chi connectivity index (χ3v) is 4.17. The number of nitrogens with zero attached hydrogens (tertiary/aromatic N) is 1. The van der Waals surface area contributed by atoms with Crippen molar-refractivity contribution >= 4 is 11.8 Å². The van der Waals surface area contributed by atoms with Crippen LogP contribution in [0.1, 0.15) is 18.4 Å². The summed E-state index contributed by atoms with van der Waals surface area (Å²) in [7, 11) is 0. The zero-order valence-electron chi connectivity index (χ0n) is 13.3. The van der Waals surface area contributed by atoms with Crippen molar-refractivity contribution in [2.75, 3.05) is 19.6 Å². The Morgan fingerprint density at radius 2 is 2.13 bits per heavy atom. The number of aliphatic hydroxyl groups excluding tert-OH is 1. The van der Waals surface area contributed by atoms with E-state index in [4.69, 9.17) is 0 Å². The average molecular weight is 316 g/mol. The van der Waals surface area contributed by atoms with Gasteiger partial charge in [0.25, 0.3) is 0 Å². The Morgan fingerprint density at radius 3 is 2.83 bits per heavy atom. The van der Waals surface area contributed by atoms with Crippen LogP contribution in [0.4, 0.5) is 0 Å². The van der Waals surface area contributed by atoms with E-state index >= 15 is 0 Å². The second-order valence-electron chi connectivity index (χ2n) is 5.90. The van der Waals surface area contributed by atoms with Crippen LogP contribution >= 0.6 is 0 Å². The Morgan fingerprint density at radius 1 is 1.39 bits per heavy atom. The molecular formula is C18H24N2O3. The van der Waals surface area contributed by atoms with Crippen molar-refractivity contribution in [3.05, 3.63) is 48.6 Å². The highest BCUT2D eigenvalue weighted by Gasteiger charge is 2.30. The van der Waals surface area contributed by atoms with Crippen LogP contribution in [-0.4, -0.2) is 47.6 Å². The van der Waals surface area contributed by atoms with Gasteiger partial charge in [0.05, 0.1) is 12.0 Å². The van der Waals surface area contributed by atoms with E-state index in [1.165, 1.54) is 11.6 Å². The summed E-state index contributed by atoms with van der Waals surface area (Å²) in [4.78, 5) is 25.2. The predicted molar refractivity (Wildman–Crippen MR) is 88.7 cm³/mol. The minimum absolute atomic E-state index is 0.0943. The molecular weight excluding hydrogens is 292 g/mol. The molecule has 0 radical (unpaired) electrons. The lowest BCUT2D eigenvalue weighted by Gasteiger charge is -2.16. The molecule has 1 aliphatic heterocycles. The zero-order valence-corrected chi connectivity index (χ0v) is 13.3. The monoisotopic (exact) mass is 316 g/mol. The summed E-state index contributed by atoms with van der Waals surface area (Å²) in [5, 5.41) is 12.8. The fraction of sp³-hybridized carbons (Fsp3) is 0.444. The number of hydrogen-bond acceptors (Lipinski definition) is 3. The molecule has 23 heavy (non-hydrogen) atoms. The molecule has 1 aromatic carbocycles. The van der Waals surface area contributed by atoms with Gasteiger partial charge in [0.15, 0.2) is 0 Å². The van der Waals surface area contributed by atoms with Crippen LogP contribution in [0.5, 0.6) is 0 Å². The highest BCUT2D eigenvalue weighted by molar-refractivity contribution is 5.88. The summed E-state index contributed by atoms with van der Waals surface area (Å²) >= 11 is 0. The molecule has 2 unspecified atom stereocenters. The van der Waals surface area contributed by atoms with Crippen molar-refractivity contribution in [2.45, 2.75) is 25.4 Å². The molecule has 0 saturated carbocycles. The van der Waals surface area contributed by atoms with Crippen molar-refractivity contribution < 1.29 is 14.7 Å². The van der Waals surface area contributed by atoms with Crippen LogP contribution in [-0.2, 0) is 16.0 Å². The Bertz CT molecular complexity index is 544. The number of carbonyl (C=O) groups is 2. The topological polar surface area (TPSA) is 69.6 Å². The molecule has 5 heteroatoms. The van der Waals surface area contributed by atoms with Crippen LogP contribution in [0.15, 0.2) is 43.0 Å². The lowest BCUT2D eigenvalue weighted by Crippen LogP contribution is -2.38. The van der Waals surface area contributed by atoms with Gasteiger partial charge in [-0.25, -0.2) is 0 Å². The van der Waals surface area contributed by atoms with Crippen LogP contribution in [0, 0.1) is 5.92 Å². The van der Waals surface area contributed by atoms with Crippen molar-refractivity contribution in [1.29, 1.82) is 0 Å². The van der Waals surface area contributed by atoms with Gasteiger partial charge in [0.2, 0.25) is 11.8 Å². The molecule has 2 rings (SSSR count). The third kappa shape index (κ3) is 5.21. The standard InChI is InChI=1S/C18H24N2O3/c1-2-17(22)20-11-10-15(13-20)18(23)19-12-16(21)9-8-14-6-4-3-5-7-14/h2-7,15-16,21H,1,8-13H2,(H,19,23). The van der Waals surface area contributed by atoms with E-state index in [9.17, 15) is 14.7 Å². The molecule has 0 bridgehead atoms. The van der Waals surface area contributed by atoms with E-state index in [0.717, 1.165) is 6.42 Å². The summed E-state index contributed by atoms with van der Waals surface area (Å²) in [6.45, 7) is 4.71. The van der Waals surface area contributed by atoms with E-state index in [1.807, 2.05) is 30.3 Å². The van der Waals surface area contributed by atoms with Crippen molar-refractivity contribution in [2.24, 2.45) is 5.92 Å². The van der Waals surface area contributed by atoms with Crippen molar-refractivity contribution in [1.82, 2.24) is 10.2 Å². The summed E-state index contributed by atoms with van der Waals surface area (Å²) in [5.74, 6) is -0.424. The van der Waals surface area contributed by atoms with E-state index in [-0.39, 0.29) is 24.3 Å². The van der Waals surface area contributed by atoms with Crippen LogP contribution < -0.4 is 5.32 Å². The number of benzene rings is 1. The van der Waals surface area contributed by atoms with E-state index < -0.39 is 6.10 Å². The largest absolute Gasteiger partial charge is 0.391 e. The van der Waals surface area contributed by atoms with E-state index in [0.29, 0.717) is 25.9 Å². The summed E-state index contributed by atoms with van der Waals surface area (Å²) in [6, 6.07) is 9.95. The molecule has 0 aromatic heterocycles. The Balaban J connectivity index is 1.68. The van der Waals surface area contributed by atoms with Gasteiger partial charge in [-0.3, -0.25) is 9.59 Å². The fourth-order valence-electron chi connectivity index (χ4n) is 2.75. The second kappa shape index (κ2) is 8.48. The molecule has 1 saturated heterocycles. The minimum Gasteiger partial charge on any atom is -0.391 e. The Hall–Kier alpha value is -2.14. The lowest BCUT2D eigenvalue weighted by molar-refractivity contribution is -0.126. The van der Waals surface area contributed by atoms with Gasteiger partial charge in [-0.2, -0.15) is 0 Å². The molecule has 5 nitrogen and oxygen atoms in total. The van der Waals surface area contributed by atoms with Crippen LogP contribution in [0.2, 0.25) is 0 Å². The maximum atomic E-state index is 12.1. The number of aliphatic hydroxyl groups is 1. The smallest absolute Gasteiger partial charge is 0.245 e. The Labute approximate surface area is 137 Å². The molecule has 0 aliphatic carbocycles. The van der Waals surface area contributed by atoms with Gasteiger partial charge in [-0.1, -0.05) is 36.9 Å². The quantitative estimate of drug-likeness (QED) is 0.741. The number of amides is 2. The van der Waals surface area contributed by atoms with Gasteiger partial charge in [0, 0.05) is 19.6 Å². The molecule has 1 aliphatic rings. The van der Waals surface area contributed by atoms with E-state index in [1.54, 1.807) is 4.90 Å². The average Bonchev–Trinajstić information content (AvgIpc) is 3.08. The third-order valence-electron chi connectivity index (χ3n) is 4.17. The molecule has 2 atom stereocenters. The highest BCUT2D eigenvalue weighted by atomic mass is 16.3. The molecule has 1 heterocycles. The number of hydrogen-bond donors (Lipinski definition) is 2. The van der Waals surface area contributed by atoms with Gasteiger partial charge < -0.3 is 15.3 Å². The lowest BCUT2D eigenvalue weighted by atomic mass is 10.1. The summed E-state index contributed by atoms with van der Waals surface area (Å²) in [5.41, 5.74) is 1.17. The summed E-state index contributed by atoms with van der Waals surface area (Å²) in [6.07, 6.45) is 2.75. The maximum Gasteiger partial charge on any atom is 0.245 e. The normalized spacial score (nSPS) is 18.5. The molecule has 1 aromatic rings. The van der Waals surface area contributed by atoms with Crippen molar-refractivity contribution in [3.8, 4) is 0 Å². The van der Waals surface area contributed by atoms with Gasteiger partial charge in [-0.15, -0.1) is 0 Å². The van der Waals surface area contributed by atoms with Gasteiger partial charge in [0.1, 0.15) is 0 Å². The number of nitrogens with one attached hydrogen (secondary N) is 1. The number of rotatable bonds is 7. The first-order valence-electron chi connectivity index (χ1n) is 8.01. The fourth-order valence-corrected chi connectivity index (χ4v) is 2.75. The number of carbonyl (C=O) groups excluding carboxylic acids is 2. The van der Waals surface area contributed by atoms with Crippen LogP contribution in [0.25, 0.3) is 0 Å². The summed E-state index contributed by atoms with van der Waals surface area (Å²) < 4.78 is 0. The van der Waals surface area contributed by atoms with Crippen molar-refractivity contribution in [3.63, 3.8) is 0 Å². The number of aryl methyl sites for hydroxylation is 1. The molecule has 2 amide bonds. The van der Waals surface area contributed by atoms with E-state index in [2.05, 4.69) is 11.9 Å². The minimum atomic E-state index is -0.563. The maximum absolute atomic E-state index is 12.1. The first-order chi connectivity index (χ1) is 11.1. The predicted octanol–water partition coefficient (Wildman–Crippen LogP) is 1.13. The molecule has 1 fully saturated rings. The first kappa shape index (κ1) is 17.2. The van der Waals surface area contributed by atoms with Gasteiger partial charge >= 0.3 is 0 Å². The first-order valence-corrected chi connectivity index (χ1v) is 8.01. The second-order valence-corrected chi connectivity index (χ2v) is 5.90. The number of likely N-dealkylation sites (tertiary alicyclic amines) is 1.